The number of nitrogens with zero attached hydrogens (tertiary/aromatic N) is 1. The lowest BCUT2D eigenvalue weighted by molar-refractivity contribution is -0.0399. The van der Waals surface area contributed by atoms with Crippen LogP contribution in [0, 0.1) is 23.7 Å². The van der Waals surface area contributed by atoms with E-state index < -0.39 is 0 Å². The summed E-state index contributed by atoms with van der Waals surface area (Å²) in [6.07, 6.45) is 9.44. The van der Waals surface area contributed by atoms with Crippen LogP contribution in [0.1, 0.15) is 94.9 Å². The van der Waals surface area contributed by atoms with Crippen molar-refractivity contribution in [3.63, 3.8) is 0 Å². The molecule has 0 atom stereocenters. The highest BCUT2D eigenvalue weighted by Crippen LogP contribution is 2.70. The Morgan fingerprint density at radius 3 is 1.86 bits per heavy atom. The third kappa shape index (κ3) is 5.22. The number of hydrogen-bond acceptors (Lipinski definition) is 1. The Bertz CT molecular complexity index is 2770. The maximum atomic E-state index is 2.60. The zero-order chi connectivity index (χ0) is 39.7. The minimum atomic E-state index is 0.104. The van der Waals surface area contributed by atoms with Gasteiger partial charge in [-0.05, 0) is 177 Å². The van der Waals surface area contributed by atoms with Crippen LogP contribution in [0.25, 0.3) is 44.2 Å². The molecule has 0 amide bonds. The van der Waals surface area contributed by atoms with E-state index in [1.807, 2.05) is 0 Å². The predicted molar refractivity (Wildman–Crippen MR) is 248 cm³/mol. The van der Waals surface area contributed by atoms with E-state index in [0.717, 1.165) is 23.7 Å². The molecule has 4 fully saturated rings. The molecule has 0 aromatic heterocycles. The third-order valence-electron chi connectivity index (χ3n) is 16.3. The Morgan fingerprint density at radius 1 is 0.441 bits per heavy atom. The molecule has 4 bridgehead atoms. The van der Waals surface area contributed by atoms with E-state index in [4.69, 9.17) is 0 Å². The van der Waals surface area contributed by atoms with Gasteiger partial charge in [-0.1, -0.05) is 143 Å². The molecule has 0 unspecified atom stereocenters. The third-order valence-corrected chi connectivity index (χ3v) is 16.3. The summed E-state index contributed by atoms with van der Waals surface area (Å²) in [6, 6.07) is 58.5. The summed E-state index contributed by atoms with van der Waals surface area (Å²) in [4.78, 5) is 2.60. The van der Waals surface area contributed by atoms with Crippen molar-refractivity contribution < 1.29 is 0 Å². The molecule has 0 saturated heterocycles. The molecular formula is C58H55N. The van der Waals surface area contributed by atoms with Crippen molar-refractivity contribution in [3.05, 3.63) is 174 Å². The van der Waals surface area contributed by atoms with Crippen LogP contribution in [-0.2, 0) is 16.2 Å². The van der Waals surface area contributed by atoms with Crippen molar-refractivity contribution in [2.24, 2.45) is 23.7 Å². The second-order valence-electron chi connectivity index (χ2n) is 20.4. The molecule has 0 heterocycles. The van der Waals surface area contributed by atoms with E-state index in [0.29, 0.717) is 0 Å². The molecule has 1 heteroatoms. The highest BCUT2D eigenvalue weighted by Gasteiger charge is 2.62. The molecule has 0 radical (unpaired) electrons. The fourth-order valence-electron chi connectivity index (χ4n) is 13.8. The van der Waals surface area contributed by atoms with Gasteiger partial charge in [0.05, 0.1) is 5.69 Å². The average molecular weight is 766 g/mol. The second kappa shape index (κ2) is 12.8. The van der Waals surface area contributed by atoms with Crippen molar-refractivity contribution >= 4 is 27.8 Å². The van der Waals surface area contributed by atoms with Gasteiger partial charge in [0.2, 0.25) is 0 Å². The molecule has 0 N–H and O–H groups in total. The fraction of sp³-hybridized carbons (Fsp3) is 0.310. The molecule has 59 heavy (non-hydrogen) atoms. The Balaban J connectivity index is 1.06. The summed E-state index contributed by atoms with van der Waals surface area (Å²) in [5, 5.41) is 2.56. The number of benzene rings is 7. The van der Waals surface area contributed by atoms with Gasteiger partial charge in [-0.15, -0.1) is 0 Å². The number of hydrogen-bond donors (Lipinski definition) is 0. The summed E-state index contributed by atoms with van der Waals surface area (Å²) in [7, 11) is 0. The molecule has 7 aromatic rings. The van der Waals surface area contributed by atoms with Gasteiger partial charge in [0.1, 0.15) is 0 Å². The SMILES string of the molecule is CC1(C)CCC(C)(C)c2c(-c3cccc(N(c4ccc(-c5ccc6ccccc6c5)cc4)c4cccc5c4-c4ccccc4C54C5CC6CC(C5)CC4C6)c3)cccc21. The predicted octanol–water partition coefficient (Wildman–Crippen LogP) is 15.7. The van der Waals surface area contributed by atoms with E-state index in [2.05, 4.69) is 184 Å². The van der Waals surface area contributed by atoms with Gasteiger partial charge >= 0.3 is 0 Å². The minimum Gasteiger partial charge on any atom is -0.310 e. The highest BCUT2D eigenvalue weighted by molar-refractivity contribution is 5.96. The van der Waals surface area contributed by atoms with Crippen LogP contribution in [0.3, 0.4) is 0 Å². The zero-order valence-corrected chi connectivity index (χ0v) is 35.1. The van der Waals surface area contributed by atoms with Gasteiger partial charge in [-0.3, -0.25) is 0 Å². The van der Waals surface area contributed by atoms with E-state index in [1.165, 1.54) is 117 Å². The van der Waals surface area contributed by atoms with E-state index in [1.54, 1.807) is 11.1 Å². The fourth-order valence-corrected chi connectivity index (χ4v) is 13.8. The lowest BCUT2D eigenvalue weighted by Gasteiger charge is -2.61. The van der Waals surface area contributed by atoms with Crippen molar-refractivity contribution in [1.29, 1.82) is 0 Å². The lowest BCUT2D eigenvalue weighted by Crippen LogP contribution is -2.55. The van der Waals surface area contributed by atoms with Crippen molar-refractivity contribution in [2.45, 2.75) is 88.9 Å². The molecule has 1 spiro atoms. The summed E-state index contributed by atoms with van der Waals surface area (Å²) in [5.41, 5.74) is 18.4. The highest BCUT2D eigenvalue weighted by atomic mass is 15.1. The van der Waals surface area contributed by atoms with Crippen LogP contribution in [0.4, 0.5) is 17.1 Å². The van der Waals surface area contributed by atoms with Crippen LogP contribution < -0.4 is 4.90 Å². The Labute approximate surface area is 351 Å². The Hall–Kier alpha value is -5.40. The standard InChI is InChI=1S/C58H55N/c1-56(2)28-29-57(3,4)55-48(17-10-20-52(55)56)43-14-9-15-47(36-43)59(46-26-24-40(25-27-46)42-23-22-39-12-5-6-13-41(39)35-42)53-21-11-19-51-54(53)49-16-7-8-18-50(49)58(51)44-31-37-30-38(33-44)34-45(58)32-37/h5-27,35-38,44-45H,28-34H2,1-4H3. The first-order valence-electron chi connectivity index (χ1n) is 22.6. The quantitative estimate of drug-likeness (QED) is 0.169. The van der Waals surface area contributed by atoms with Crippen LogP contribution in [0.2, 0.25) is 0 Å². The number of fused-ring (bicyclic) bond motifs is 5. The van der Waals surface area contributed by atoms with E-state index >= 15 is 0 Å². The van der Waals surface area contributed by atoms with Crippen molar-refractivity contribution in [2.75, 3.05) is 4.90 Å². The maximum Gasteiger partial charge on any atom is 0.0543 e. The van der Waals surface area contributed by atoms with Gasteiger partial charge < -0.3 is 4.90 Å². The van der Waals surface area contributed by atoms with Gasteiger partial charge in [-0.25, -0.2) is 0 Å². The molecule has 7 aromatic carbocycles. The summed E-state index contributed by atoms with van der Waals surface area (Å²) < 4.78 is 0. The smallest absolute Gasteiger partial charge is 0.0543 e. The van der Waals surface area contributed by atoms with E-state index in [-0.39, 0.29) is 16.2 Å². The first-order valence-corrected chi connectivity index (χ1v) is 22.6. The molecule has 292 valence electrons. The number of rotatable bonds is 5. The van der Waals surface area contributed by atoms with Gasteiger partial charge in [0.15, 0.2) is 0 Å². The minimum absolute atomic E-state index is 0.104. The van der Waals surface area contributed by atoms with Crippen LogP contribution in [0.5, 0.6) is 0 Å². The molecule has 6 aliphatic rings. The summed E-state index contributed by atoms with van der Waals surface area (Å²) in [5.74, 6) is 3.29. The van der Waals surface area contributed by atoms with Gasteiger partial charge in [-0.2, -0.15) is 0 Å². The lowest BCUT2D eigenvalue weighted by atomic mass is 9.43. The topological polar surface area (TPSA) is 3.24 Å². The molecule has 0 aliphatic heterocycles. The van der Waals surface area contributed by atoms with Crippen LogP contribution in [-0.4, -0.2) is 0 Å². The summed E-state index contributed by atoms with van der Waals surface area (Å²) >= 11 is 0. The normalized spacial score (nSPS) is 25.2. The molecule has 6 aliphatic carbocycles. The monoisotopic (exact) mass is 765 g/mol. The Kier molecular flexibility index (Phi) is 7.71. The average Bonchev–Trinajstić information content (AvgIpc) is 3.56. The largest absolute Gasteiger partial charge is 0.310 e. The van der Waals surface area contributed by atoms with Gasteiger partial charge in [0.25, 0.3) is 0 Å². The first kappa shape index (κ1) is 35.5. The molecule has 1 nitrogen and oxygen atoms in total. The van der Waals surface area contributed by atoms with Gasteiger partial charge in [0, 0.05) is 22.4 Å². The Morgan fingerprint density at radius 2 is 1.07 bits per heavy atom. The van der Waals surface area contributed by atoms with Crippen LogP contribution in [0.15, 0.2) is 152 Å². The number of anilines is 3. The zero-order valence-electron chi connectivity index (χ0n) is 35.1. The maximum absolute atomic E-state index is 2.60. The molecule has 13 rings (SSSR count). The molecular weight excluding hydrogens is 711 g/mol. The second-order valence-corrected chi connectivity index (χ2v) is 20.4. The summed E-state index contributed by atoms with van der Waals surface area (Å²) in [6.45, 7) is 9.80. The van der Waals surface area contributed by atoms with Crippen molar-refractivity contribution in [3.8, 4) is 33.4 Å². The molecule has 4 saturated carbocycles. The van der Waals surface area contributed by atoms with Crippen LogP contribution >= 0.6 is 0 Å². The van der Waals surface area contributed by atoms with Crippen molar-refractivity contribution in [1.82, 2.24) is 0 Å². The van der Waals surface area contributed by atoms with E-state index in [9.17, 15) is 0 Å². The first-order chi connectivity index (χ1) is 28.7.